The molecule has 0 aliphatic rings. The van der Waals surface area contributed by atoms with Crippen molar-refractivity contribution < 1.29 is 22.7 Å². The van der Waals surface area contributed by atoms with E-state index in [4.69, 9.17) is 4.74 Å². The van der Waals surface area contributed by atoms with Crippen molar-refractivity contribution in [2.75, 3.05) is 49.6 Å². The Kier molecular flexibility index (Phi) is 8.32. The molecule has 0 spiro atoms. The topological polar surface area (TPSA) is 126 Å². The number of anilines is 2. The highest BCUT2D eigenvalue weighted by atomic mass is 32.2. The summed E-state index contributed by atoms with van der Waals surface area (Å²) in [6.45, 7) is 3.45. The largest absolute Gasteiger partial charge is 0.383 e. The van der Waals surface area contributed by atoms with Gasteiger partial charge in [-0.3, -0.25) is 14.3 Å². The van der Waals surface area contributed by atoms with Crippen LogP contribution in [0.25, 0.3) is 0 Å². The minimum absolute atomic E-state index is 0.119. The quantitative estimate of drug-likeness (QED) is 0.428. The summed E-state index contributed by atoms with van der Waals surface area (Å²) in [5.41, 5.74) is 0.657. The second kappa shape index (κ2) is 9.97. The summed E-state index contributed by atoms with van der Waals surface area (Å²) in [6, 6.07) is 4.36. The van der Waals surface area contributed by atoms with Gasteiger partial charge in [-0.05, 0) is 18.2 Å². The van der Waals surface area contributed by atoms with E-state index >= 15 is 0 Å². The predicted molar refractivity (Wildman–Crippen MR) is 96.3 cm³/mol. The smallest absolute Gasteiger partial charge is 0.253 e. The average Bonchev–Trinajstić information content (AvgIpc) is 2.50. The second-order valence-electron chi connectivity index (χ2n) is 5.31. The van der Waals surface area contributed by atoms with Crippen LogP contribution in [0.15, 0.2) is 18.2 Å². The molecule has 140 valence electrons. The normalized spacial score (nSPS) is 11.0. The Morgan fingerprint density at radius 1 is 1.16 bits per heavy atom. The van der Waals surface area contributed by atoms with Crippen molar-refractivity contribution in [2.24, 2.45) is 0 Å². The van der Waals surface area contributed by atoms with E-state index in [1.807, 2.05) is 0 Å². The lowest BCUT2D eigenvalue weighted by Gasteiger charge is -2.13. The number of carbonyl (C=O) groups excluding carboxylic acids is 2. The Morgan fingerprint density at radius 2 is 1.88 bits per heavy atom. The Hall–Kier alpha value is -2.17. The summed E-state index contributed by atoms with van der Waals surface area (Å²) in [7, 11) is -1.95. The van der Waals surface area contributed by atoms with Crippen LogP contribution in [0.2, 0.25) is 0 Å². The Morgan fingerprint density at radius 3 is 2.48 bits per heavy atom. The number of hydrogen-bond acceptors (Lipinski definition) is 6. The monoisotopic (exact) mass is 372 g/mol. The molecular weight excluding hydrogens is 348 g/mol. The fourth-order valence-corrected chi connectivity index (χ4v) is 2.54. The summed E-state index contributed by atoms with van der Waals surface area (Å²) in [5.74, 6) is -0.746. The summed E-state index contributed by atoms with van der Waals surface area (Å²) < 4.78 is 30.1. The van der Waals surface area contributed by atoms with Gasteiger partial charge in [-0.2, -0.15) is 0 Å². The molecule has 2 amide bonds. The molecule has 25 heavy (non-hydrogen) atoms. The molecule has 0 saturated heterocycles. The van der Waals surface area contributed by atoms with Crippen LogP contribution >= 0.6 is 0 Å². The summed E-state index contributed by atoms with van der Waals surface area (Å²) >= 11 is 0. The zero-order valence-electron chi connectivity index (χ0n) is 14.5. The number of methoxy groups -OCH3 is 1. The van der Waals surface area contributed by atoms with Gasteiger partial charge in [0.25, 0.3) is 5.91 Å². The molecular formula is C15H24N4O5S. The third kappa shape index (κ3) is 8.47. The van der Waals surface area contributed by atoms with Gasteiger partial charge >= 0.3 is 0 Å². The van der Waals surface area contributed by atoms with Gasteiger partial charge in [-0.15, -0.1) is 0 Å². The zero-order valence-corrected chi connectivity index (χ0v) is 15.3. The first-order valence-corrected chi connectivity index (χ1v) is 9.49. The predicted octanol–water partition coefficient (Wildman–Crippen LogP) is -0.0177. The molecule has 0 unspecified atom stereocenters. The molecule has 1 aromatic rings. The molecule has 0 aliphatic carbocycles. The van der Waals surface area contributed by atoms with Gasteiger partial charge in [0.05, 0.1) is 24.1 Å². The minimum atomic E-state index is -3.55. The number of rotatable bonds is 10. The van der Waals surface area contributed by atoms with Crippen molar-refractivity contribution in [3.8, 4) is 0 Å². The molecule has 1 aromatic carbocycles. The van der Waals surface area contributed by atoms with Crippen molar-refractivity contribution >= 4 is 33.2 Å². The fourth-order valence-electron chi connectivity index (χ4n) is 1.96. The molecule has 4 N–H and O–H groups in total. The van der Waals surface area contributed by atoms with Crippen LogP contribution in [0, 0.1) is 0 Å². The van der Waals surface area contributed by atoms with Crippen LogP contribution in [0.3, 0.4) is 0 Å². The lowest BCUT2D eigenvalue weighted by Crippen LogP contribution is -2.33. The van der Waals surface area contributed by atoms with Crippen LogP contribution in [-0.2, 0) is 19.6 Å². The van der Waals surface area contributed by atoms with Gasteiger partial charge in [0, 0.05) is 39.4 Å². The molecule has 0 bridgehead atoms. The molecule has 0 saturated carbocycles. The molecule has 10 heteroatoms. The SMILES string of the molecule is COCCNCCNC(=O)c1cc(NC(C)=O)ccc1NS(C)(=O)=O. The average molecular weight is 372 g/mol. The van der Waals surface area contributed by atoms with E-state index in [0.717, 1.165) is 6.26 Å². The van der Waals surface area contributed by atoms with Crippen LogP contribution in [-0.4, -0.2) is 59.8 Å². The number of benzene rings is 1. The molecule has 9 nitrogen and oxygen atoms in total. The maximum atomic E-state index is 12.4. The van der Waals surface area contributed by atoms with E-state index in [1.165, 1.54) is 25.1 Å². The molecule has 0 fully saturated rings. The van der Waals surface area contributed by atoms with Crippen molar-refractivity contribution in [2.45, 2.75) is 6.92 Å². The standard InChI is InChI=1S/C15H24N4O5S/c1-11(20)18-12-4-5-14(19-25(3,22)23)13(10-12)15(21)17-7-6-16-8-9-24-2/h4-5,10,16,19H,6-9H2,1-3H3,(H,17,21)(H,18,20). The van der Waals surface area contributed by atoms with Crippen molar-refractivity contribution in [3.63, 3.8) is 0 Å². The van der Waals surface area contributed by atoms with Crippen LogP contribution < -0.4 is 20.7 Å². The highest BCUT2D eigenvalue weighted by molar-refractivity contribution is 7.92. The first kappa shape index (κ1) is 20.9. The molecule has 0 atom stereocenters. The first-order valence-electron chi connectivity index (χ1n) is 7.60. The van der Waals surface area contributed by atoms with E-state index in [9.17, 15) is 18.0 Å². The molecule has 0 radical (unpaired) electrons. The fraction of sp³-hybridized carbons (Fsp3) is 0.467. The third-order valence-corrected chi connectivity index (χ3v) is 3.54. The summed E-state index contributed by atoms with van der Waals surface area (Å²) in [5, 5.41) is 8.33. The van der Waals surface area contributed by atoms with Crippen LogP contribution in [0.4, 0.5) is 11.4 Å². The number of hydrogen-bond donors (Lipinski definition) is 4. The summed E-state index contributed by atoms with van der Waals surface area (Å²) in [4.78, 5) is 23.5. The van der Waals surface area contributed by atoms with Gasteiger partial charge in [-0.25, -0.2) is 8.42 Å². The Balaban J connectivity index is 2.84. The van der Waals surface area contributed by atoms with E-state index in [1.54, 1.807) is 7.11 Å². The number of sulfonamides is 1. The number of nitrogens with one attached hydrogen (secondary N) is 4. The zero-order chi connectivity index (χ0) is 18.9. The van der Waals surface area contributed by atoms with Gasteiger partial charge in [0.15, 0.2) is 0 Å². The second-order valence-corrected chi connectivity index (χ2v) is 7.06. The number of carbonyl (C=O) groups is 2. The van der Waals surface area contributed by atoms with E-state index in [0.29, 0.717) is 31.9 Å². The van der Waals surface area contributed by atoms with Crippen LogP contribution in [0.5, 0.6) is 0 Å². The van der Waals surface area contributed by atoms with E-state index in [2.05, 4.69) is 20.7 Å². The van der Waals surface area contributed by atoms with E-state index < -0.39 is 15.9 Å². The number of amides is 2. The number of ether oxygens (including phenoxy) is 1. The van der Waals surface area contributed by atoms with Crippen molar-refractivity contribution in [1.29, 1.82) is 0 Å². The van der Waals surface area contributed by atoms with Crippen LogP contribution in [0.1, 0.15) is 17.3 Å². The molecule has 0 aromatic heterocycles. The highest BCUT2D eigenvalue weighted by Gasteiger charge is 2.15. The summed E-state index contributed by atoms with van der Waals surface area (Å²) in [6.07, 6.45) is 0.996. The Bertz CT molecular complexity index is 706. The maximum absolute atomic E-state index is 12.4. The van der Waals surface area contributed by atoms with Crippen molar-refractivity contribution in [1.82, 2.24) is 10.6 Å². The van der Waals surface area contributed by atoms with E-state index in [-0.39, 0.29) is 17.2 Å². The lowest BCUT2D eigenvalue weighted by molar-refractivity contribution is -0.114. The molecule has 0 heterocycles. The Labute approximate surface area is 147 Å². The van der Waals surface area contributed by atoms with Gasteiger partial charge < -0.3 is 20.7 Å². The van der Waals surface area contributed by atoms with Gasteiger partial charge in [0.1, 0.15) is 0 Å². The van der Waals surface area contributed by atoms with Gasteiger partial charge in [-0.1, -0.05) is 0 Å². The molecule has 1 rings (SSSR count). The first-order chi connectivity index (χ1) is 11.7. The highest BCUT2D eigenvalue weighted by Crippen LogP contribution is 2.21. The van der Waals surface area contributed by atoms with Crippen molar-refractivity contribution in [3.05, 3.63) is 23.8 Å². The lowest BCUT2D eigenvalue weighted by atomic mass is 10.1. The van der Waals surface area contributed by atoms with Gasteiger partial charge in [0.2, 0.25) is 15.9 Å². The minimum Gasteiger partial charge on any atom is -0.383 e. The molecule has 0 aliphatic heterocycles. The maximum Gasteiger partial charge on any atom is 0.253 e. The third-order valence-electron chi connectivity index (χ3n) is 2.95.